The van der Waals surface area contributed by atoms with E-state index in [4.69, 9.17) is 0 Å². The molecule has 0 radical (unpaired) electrons. The Labute approximate surface area is 100 Å². The lowest BCUT2D eigenvalue weighted by Gasteiger charge is -2.45. The number of hydrogen-bond donors (Lipinski definition) is 1. The quantitative estimate of drug-likeness (QED) is 0.794. The lowest BCUT2D eigenvalue weighted by Crippen LogP contribution is -2.52. The molecular formula is C14H27NO. The van der Waals surface area contributed by atoms with Crippen LogP contribution in [0, 0.1) is 17.8 Å². The summed E-state index contributed by atoms with van der Waals surface area (Å²) < 4.78 is 0. The molecule has 0 spiro atoms. The Kier molecular flexibility index (Phi) is 4.26. The second kappa shape index (κ2) is 5.50. The first-order chi connectivity index (χ1) is 7.74. The van der Waals surface area contributed by atoms with Crippen molar-refractivity contribution in [2.45, 2.75) is 52.1 Å². The van der Waals surface area contributed by atoms with Crippen molar-refractivity contribution >= 4 is 0 Å². The van der Waals surface area contributed by atoms with Crippen molar-refractivity contribution in [1.29, 1.82) is 0 Å². The third kappa shape index (κ3) is 2.60. The van der Waals surface area contributed by atoms with Gasteiger partial charge in [0, 0.05) is 19.6 Å². The van der Waals surface area contributed by atoms with Gasteiger partial charge in [-0.3, -0.25) is 0 Å². The normalized spacial score (nSPS) is 35.6. The van der Waals surface area contributed by atoms with E-state index in [0.29, 0.717) is 11.8 Å². The minimum Gasteiger partial charge on any atom is -0.392 e. The summed E-state index contributed by atoms with van der Waals surface area (Å²) in [6.45, 7) is 8.15. The topological polar surface area (TPSA) is 23.5 Å². The monoisotopic (exact) mass is 225 g/mol. The van der Waals surface area contributed by atoms with Crippen molar-refractivity contribution < 1.29 is 5.11 Å². The highest BCUT2D eigenvalue weighted by Gasteiger charge is 2.38. The van der Waals surface area contributed by atoms with Crippen LogP contribution in [0.1, 0.15) is 46.0 Å². The number of aliphatic hydroxyl groups excluding tert-OH is 1. The van der Waals surface area contributed by atoms with Crippen molar-refractivity contribution in [3.05, 3.63) is 0 Å². The van der Waals surface area contributed by atoms with Gasteiger partial charge in [0.15, 0.2) is 0 Å². The summed E-state index contributed by atoms with van der Waals surface area (Å²) in [6, 6.07) is 0. The molecule has 2 bridgehead atoms. The van der Waals surface area contributed by atoms with Crippen molar-refractivity contribution in [1.82, 2.24) is 4.90 Å². The van der Waals surface area contributed by atoms with Gasteiger partial charge in [-0.2, -0.15) is 0 Å². The summed E-state index contributed by atoms with van der Waals surface area (Å²) in [4.78, 5) is 2.62. The number of piperidine rings is 1. The Morgan fingerprint density at radius 2 is 1.69 bits per heavy atom. The van der Waals surface area contributed by atoms with Crippen LogP contribution in [0.2, 0.25) is 0 Å². The maximum Gasteiger partial charge on any atom is 0.0620 e. The summed E-state index contributed by atoms with van der Waals surface area (Å²) in [5.74, 6) is 2.00. The van der Waals surface area contributed by atoms with Crippen LogP contribution in [0.5, 0.6) is 0 Å². The molecule has 2 fully saturated rings. The van der Waals surface area contributed by atoms with E-state index in [1.165, 1.54) is 38.6 Å². The molecule has 94 valence electrons. The second-order valence-electron chi connectivity index (χ2n) is 5.84. The Bertz CT molecular complexity index is 198. The molecule has 0 aromatic rings. The van der Waals surface area contributed by atoms with Gasteiger partial charge in [-0.25, -0.2) is 0 Å². The van der Waals surface area contributed by atoms with E-state index in [1.54, 1.807) is 0 Å². The molecule has 0 amide bonds. The van der Waals surface area contributed by atoms with E-state index in [0.717, 1.165) is 19.0 Å². The molecular weight excluding hydrogens is 198 g/mol. The molecule has 2 unspecified atom stereocenters. The van der Waals surface area contributed by atoms with E-state index in [2.05, 4.69) is 18.7 Å². The van der Waals surface area contributed by atoms with E-state index in [9.17, 15) is 5.11 Å². The largest absolute Gasteiger partial charge is 0.392 e. The Morgan fingerprint density at radius 3 is 2.19 bits per heavy atom. The third-order valence-electron chi connectivity index (χ3n) is 4.77. The van der Waals surface area contributed by atoms with Crippen LogP contribution >= 0.6 is 0 Å². The van der Waals surface area contributed by atoms with E-state index in [-0.39, 0.29) is 6.10 Å². The molecule has 2 nitrogen and oxygen atoms in total. The lowest BCUT2D eigenvalue weighted by atomic mass is 9.75. The van der Waals surface area contributed by atoms with Gasteiger partial charge in [0.25, 0.3) is 0 Å². The van der Waals surface area contributed by atoms with Crippen LogP contribution in [0.15, 0.2) is 0 Å². The second-order valence-corrected chi connectivity index (χ2v) is 5.84. The van der Waals surface area contributed by atoms with Crippen LogP contribution in [0.3, 0.4) is 0 Å². The van der Waals surface area contributed by atoms with Crippen molar-refractivity contribution in [3.63, 3.8) is 0 Å². The molecule has 0 aromatic carbocycles. The molecule has 2 atom stereocenters. The van der Waals surface area contributed by atoms with E-state index >= 15 is 0 Å². The average molecular weight is 225 g/mol. The predicted molar refractivity (Wildman–Crippen MR) is 67.3 cm³/mol. The first kappa shape index (κ1) is 12.4. The molecule has 16 heavy (non-hydrogen) atoms. The maximum absolute atomic E-state index is 10.1. The van der Waals surface area contributed by atoms with Gasteiger partial charge in [0.1, 0.15) is 0 Å². The summed E-state index contributed by atoms with van der Waals surface area (Å²) in [5, 5.41) is 10.1. The number of hydrogen-bond acceptors (Lipinski definition) is 2. The Balaban J connectivity index is 1.89. The van der Waals surface area contributed by atoms with Gasteiger partial charge >= 0.3 is 0 Å². The summed E-state index contributed by atoms with van der Waals surface area (Å²) in [6.07, 6.45) is 6.43. The van der Waals surface area contributed by atoms with Crippen LogP contribution in [0.4, 0.5) is 0 Å². The van der Waals surface area contributed by atoms with Crippen LogP contribution in [-0.4, -0.2) is 35.7 Å². The molecule has 1 saturated heterocycles. The fraction of sp³-hybridized carbons (Fsp3) is 1.00. The van der Waals surface area contributed by atoms with Gasteiger partial charge in [-0.1, -0.05) is 33.1 Å². The molecule has 1 aliphatic heterocycles. The number of nitrogens with zero attached hydrogens (tertiary/aromatic N) is 1. The van der Waals surface area contributed by atoms with Gasteiger partial charge in [0.05, 0.1) is 6.10 Å². The fourth-order valence-corrected chi connectivity index (χ4v) is 3.57. The van der Waals surface area contributed by atoms with Crippen molar-refractivity contribution in [3.8, 4) is 0 Å². The molecule has 2 heteroatoms. The Morgan fingerprint density at radius 1 is 1.12 bits per heavy atom. The minimum atomic E-state index is 0.00621. The molecule has 0 aromatic heterocycles. The van der Waals surface area contributed by atoms with Crippen LogP contribution < -0.4 is 0 Å². The summed E-state index contributed by atoms with van der Waals surface area (Å²) in [7, 11) is 0. The van der Waals surface area contributed by atoms with Gasteiger partial charge in [0.2, 0.25) is 0 Å². The maximum atomic E-state index is 10.1. The molecule has 1 heterocycles. The molecule has 1 aliphatic carbocycles. The Hall–Kier alpha value is -0.0800. The van der Waals surface area contributed by atoms with Crippen LogP contribution in [0.25, 0.3) is 0 Å². The lowest BCUT2D eigenvalue weighted by molar-refractivity contribution is -0.0530. The van der Waals surface area contributed by atoms with Crippen molar-refractivity contribution in [2.75, 3.05) is 19.6 Å². The van der Waals surface area contributed by atoms with Crippen LogP contribution in [-0.2, 0) is 0 Å². The standard InChI is InChI=1S/C14H27NO/c1-3-11(4-2)8-15-9-12-6-5-7-13(10-15)14(12)16/h11-14,16H,3-10H2,1-2H3. The summed E-state index contributed by atoms with van der Waals surface area (Å²) in [5.41, 5.74) is 0. The smallest absolute Gasteiger partial charge is 0.0620 e. The van der Waals surface area contributed by atoms with Gasteiger partial charge < -0.3 is 10.0 Å². The number of rotatable bonds is 4. The van der Waals surface area contributed by atoms with E-state index < -0.39 is 0 Å². The number of aliphatic hydroxyl groups is 1. The molecule has 2 rings (SSSR count). The number of fused-ring (bicyclic) bond motifs is 2. The zero-order valence-electron chi connectivity index (χ0n) is 10.9. The first-order valence-corrected chi connectivity index (χ1v) is 7.15. The zero-order chi connectivity index (χ0) is 11.5. The highest BCUT2D eigenvalue weighted by molar-refractivity contribution is 4.90. The van der Waals surface area contributed by atoms with Crippen molar-refractivity contribution in [2.24, 2.45) is 17.8 Å². The van der Waals surface area contributed by atoms with Gasteiger partial charge in [-0.05, 0) is 30.6 Å². The minimum absolute atomic E-state index is 0.00621. The predicted octanol–water partition coefficient (Wildman–Crippen LogP) is 2.52. The third-order valence-corrected chi connectivity index (χ3v) is 4.77. The molecule has 1 N–H and O–H groups in total. The SMILES string of the molecule is CCC(CC)CN1CC2CCCC(C1)C2O. The molecule has 2 aliphatic rings. The summed E-state index contributed by atoms with van der Waals surface area (Å²) >= 11 is 0. The van der Waals surface area contributed by atoms with E-state index in [1.807, 2.05) is 0 Å². The highest BCUT2D eigenvalue weighted by Crippen LogP contribution is 2.35. The fourth-order valence-electron chi connectivity index (χ4n) is 3.57. The first-order valence-electron chi connectivity index (χ1n) is 7.15. The number of likely N-dealkylation sites (tertiary alicyclic amines) is 1. The molecule has 1 saturated carbocycles. The zero-order valence-corrected chi connectivity index (χ0v) is 10.9. The highest BCUT2D eigenvalue weighted by atomic mass is 16.3. The average Bonchev–Trinajstić information content (AvgIpc) is 2.27. The van der Waals surface area contributed by atoms with Gasteiger partial charge in [-0.15, -0.1) is 0 Å².